The van der Waals surface area contributed by atoms with Crippen LogP contribution in [-0.2, 0) is 14.8 Å². The zero-order valence-corrected chi connectivity index (χ0v) is 14.1. The van der Waals surface area contributed by atoms with Crippen LogP contribution in [0.15, 0.2) is 41.3 Å². The number of hydrogen-bond acceptors (Lipinski definition) is 4. The molecule has 0 aliphatic heterocycles. The van der Waals surface area contributed by atoms with E-state index >= 15 is 0 Å². The average Bonchev–Trinajstić information content (AvgIpc) is 2.49. The zero-order chi connectivity index (χ0) is 17.2. The molecule has 3 N–H and O–H groups in total. The Morgan fingerprint density at radius 2 is 1.78 bits per heavy atom. The quantitative estimate of drug-likeness (QED) is 0.714. The van der Waals surface area contributed by atoms with Gasteiger partial charge < -0.3 is 10.4 Å². The van der Waals surface area contributed by atoms with Gasteiger partial charge in [0, 0.05) is 6.92 Å². The Balaban J connectivity index is 2.44. The fourth-order valence-electron chi connectivity index (χ4n) is 1.78. The van der Waals surface area contributed by atoms with E-state index < -0.39 is 21.7 Å². The third kappa shape index (κ3) is 3.87. The summed E-state index contributed by atoms with van der Waals surface area (Å²) in [4.78, 5) is 11.1. The minimum absolute atomic E-state index is 0.000919. The molecule has 0 heterocycles. The van der Waals surface area contributed by atoms with Gasteiger partial charge in [0.15, 0.2) is 5.75 Å². The van der Waals surface area contributed by atoms with Gasteiger partial charge in [0.1, 0.15) is 5.02 Å². The van der Waals surface area contributed by atoms with Crippen molar-refractivity contribution in [2.24, 2.45) is 0 Å². The summed E-state index contributed by atoms with van der Waals surface area (Å²) in [5, 5.41) is 12.1. The molecule has 2 aromatic carbocycles. The Morgan fingerprint density at radius 3 is 2.35 bits per heavy atom. The van der Waals surface area contributed by atoms with E-state index in [0.717, 1.165) is 6.07 Å². The molecule has 0 atom stereocenters. The van der Waals surface area contributed by atoms with Crippen molar-refractivity contribution in [1.29, 1.82) is 0 Å². The number of aromatic hydroxyl groups is 1. The van der Waals surface area contributed by atoms with Gasteiger partial charge in [-0.1, -0.05) is 41.4 Å². The Kier molecular flexibility index (Phi) is 5.03. The second kappa shape index (κ2) is 6.66. The fraction of sp³-hybridized carbons (Fsp3) is 0.0714. The van der Waals surface area contributed by atoms with Gasteiger partial charge in [-0.3, -0.25) is 9.52 Å². The van der Waals surface area contributed by atoms with Crippen LogP contribution in [0.4, 0.5) is 11.4 Å². The lowest BCUT2D eigenvalue weighted by Gasteiger charge is -2.14. The minimum Gasteiger partial charge on any atom is -0.504 e. The van der Waals surface area contributed by atoms with Gasteiger partial charge >= 0.3 is 0 Å². The van der Waals surface area contributed by atoms with Crippen molar-refractivity contribution in [2.45, 2.75) is 11.8 Å². The molecule has 122 valence electrons. The van der Waals surface area contributed by atoms with Gasteiger partial charge in [-0.25, -0.2) is 8.42 Å². The van der Waals surface area contributed by atoms with E-state index in [1.807, 2.05) is 0 Å². The summed E-state index contributed by atoms with van der Waals surface area (Å²) in [6.07, 6.45) is 0. The van der Waals surface area contributed by atoms with E-state index in [4.69, 9.17) is 23.2 Å². The largest absolute Gasteiger partial charge is 0.504 e. The summed E-state index contributed by atoms with van der Waals surface area (Å²) in [5.41, 5.74) is -0.195. The maximum Gasteiger partial charge on any atom is 0.262 e. The highest BCUT2D eigenvalue weighted by molar-refractivity contribution is 7.92. The lowest BCUT2D eigenvalue weighted by atomic mass is 10.2. The van der Waals surface area contributed by atoms with Crippen LogP contribution in [0, 0.1) is 0 Å². The van der Waals surface area contributed by atoms with Crippen LogP contribution in [0.1, 0.15) is 6.92 Å². The standard InChI is InChI=1S/C14H12Cl2N2O4S/c1-8(19)17-13-10(15)7-11(14(20)12(13)16)18-23(21,22)9-5-3-2-4-6-9/h2-7,18,20H,1H3,(H,17,19). The molecule has 23 heavy (non-hydrogen) atoms. The number of amides is 1. The van der Waals surface area contributed by atoms with Gasteiger partial charge in [0.25, 0.3) is 10.0 Å². The van der Waals surface area contributed by atoms with Crippen LogP contribution in [0.25, 0.3) is 0 Å². The lowest BCUT2D eigenvalue weighted by molar-refractivity contribution is -0.114. The highest BCUT2D eigenvalue weighted by atomic mass is 35.5. The van der Waals surface area contributed by atoms with E-state index in [2.05, 4.69) is 10.0 Å². The number of phenols is 1. The second-order valence-corrected chi connectivity index (χ2v) is 7.01. The molecular weight excluding hydrogens is 363 g/mol. The Hall–Kier alpha value is -1.96. The van der Waals surface area contributed by atoms with Crippen molar-refractivity contribution in [2.75, 3.05) is 10.0 Å². The molecule has 9 heteroatoms. The van der Waals surface area contributed by atoms with E-state index in [0.29, 0.717) is 0 Å². The summed E-state index contributed by atoms with van der Waals surface area (Å²) in [6.45, 7) is 1.25. The summed E-state index contributed by atoms with van der Waals surface area (Å²) in [5.74, 6) is -0.981. The van der Waals surface area contributed by atoms with Crippen molar-refractivity contribution in [3.8, 4) is 5.75 Å². The Morgan fingerprint density at radius 1 is 1.17 bits per heavy atom. The van der Waals surface area contributed by atoms with E-state index in [9.17, 15) is 18.3 Å². The van der Waals surface area contributed by atoms with Gasteiger partial charge in [-0.05, 0) is 18.2 Å². The lowest BCUT2D eigenvalue weighted by Crippen LogP contribution is -2.13. The summed E-state index contributed by atoms with van der Waals surface area (Å²) < 4.78 is 26.7. The Bertz CT molecular complexity index is 855. The van der Waals surface area contributed by atoms with Gasteiger partial charge in [-0.15, -0.1) is 0 Å². The molecule has 0 saturated heterocycles. The van der Waals surface area contributed by atoms with Crippen LogP contribution in [0.5, 0.6) is 5.75 Å². The van der Waals surface area contributed by atoms with Crippen LogP contribution in [-0.4, -0.2) is 19.4 Å². The smallest absolute Gasteiger partial charge is 0.262 e. The highest BCUT2D eigenvalue weighted by Crippen LogP contribution is 2.43. The van der Waals surface area contributed by atoms with Crippen molar-refractivity contribution < 1.29 is 18.3 Å². The first-order valence-electron chi connectivity index (χ1n) is 6.29. The van der Waals surface area contributed by atoms with E-state index in [1.54, 1.807) is 18.2 Å². The molecule has 0 radical (unpaired) electrons. The van der Waals surface area contributed by atoms with Crippen molar-refractivity contribution in [3.05, 3.63) is 46.4 Å². The number of halogens is 2. The normalized spacial score (nSPS) is 11.1. The van der Waals surface area contributed by atoms with Crippen molar-refractivity contribution in [3.63, 3.8) is 0 Å². The summed E-state index contributed by atoms with van der Waals surface area (Å²) in [6, 6.07) is 8.76. The van der Waals surface area contributed by atoms with Gasteiger partial charge in [0.2, 0.25) is 5.91 Å². The number of benzene rings is 2. The molecule has 0 bridgehead atoms. The molecule has 0 aliphatic rings. The molecule has 0 unspecified atom stereocenters. The van der Waals surface area contributed by atoms with Gasteiger partial charge in [-0.2, -0.15) is 0 Å². The first-order chi connectivity index (χ1) is 10.7. The maximum atomic E-state index is 12.3. The number of hydrogen-bond donors (Lipinski definition) is 3. The first kappa shape index (κ1) is 17.4. The number of carbonyl (C=O) groups is 1. The minimum atomic E-state index is -3.92. The summed E-state index contributed by atoms with van der Waals surface area (Å²) >= 11 is 11.9. The number of phenolic OH excluding ortho intramolecular Hbond substituents is 1. The molecule has 0 spiro atoms. The maximum absolute atomic E-state index is 12.3. The predicted octanol–water partition coefficient (Wildman–Crippen LogP) is 3.46. The third-order valence-corrected chi connectivity index (χ3v) is 4.84. The number of nitrogens with one attached hydrogen (secondary N) is 2. The van der Waals surface area contributed by atoms with E-state index in [-0.39, 0.29) is 26.3 Å². The Labute approximate surface area is 143 Å². The molecule has 0 aromatic heterocycles. The molecule has 1 amide bonds. The van der Waals surface area contributed by atoms with Crippen LogP contribution in [0.2, 0.25) is 10.0 Å². The zero-order valence-electron chi connectivity index (χ0n) is 11.8. The van der Waals surface area contributed by atoms with E-state index in [1.165, 1.54) is 19.1 Å². The molecule has 0 fully saturated rings. The predicted molar refractivity (Wildman–Crippen MR) is 89.7 cm³/mol. The number of sulfonamides is 1. The number of carbonyl (C=O) groups excluding carboxylic acids is 1. The molecule has 6 nitrogen and oxygen atoms in total. The van der Waals surface area contributed by atoms with Crippen LogP contribution < -0.4 is 10.0 Å². The van der Waals surface area contributed by atoms with Crippen molar-refractivity contribution in [1.82, 2.24) is 0 Å². The van der Waals surface area contributed by atoms with Gasteiger partial charge in [0.05, 0.1) is 21.3 Å². The third-order valence-electron chi connectivity index (χ3n) is 2.79. The number of rotatable bonds is 4. The second-order valence-electron chi connectivity index (χ2n) is 4.54. The highest BCUT2D eigenvalue weighted by Gasteiger charge is 2.21. The number of anilines is 2. The fourth-order valence-corrected chi connectivity index (χ4v) is 3.41. The average molecular weight is 375 g/mol. The monoisotopic (exact) mass is 374 g/mol. The molecule has 2 aromatic rings. The SMILES string of the molecule is CC(=O)Nc1c(Cl)cc(NS(=O)(=O)c2ccccc2)c(O)c1Cl. The van der Waals surface area contributed by atoms with Crippen molar-refractivity contribution >= 4 is 50.5 Å². The molecule has 0 saturated carbocycles. The molecule has 2 rings (SSSR count). The molecular formula is C14H12Cl2N2O4S. The van der Waals surface area contributed by atoms with Crippen LogP contribution in [0.3, 0.4) is 0 Å². The summed E-state index contributed by atoms with van der Waals surface area (Å²) in [7, 11) is -3.92. The molecule has 0 aliphatic carbocycles. The first-order valence-corrected chi connectivity index (χ1v) is 8.52. The topological polar surface area (TPSA) is 95.5 Å². The van der Waals surface area contributed by atoms with Crippen LogP contribution >= 0.6 is 23.2 Å².